The molecular weight excluding hydrogens is 320 g/mol. The quantitative estimate of drug-likeness (QED) is 0.880. The van der Waals surface area contributed by atoms with Crippen LogP contribution in [0.1, 0.15) is 35.2 Å². The van der Waals surface area contributed by atoms with E-state index in [1.807, 2.05) is 6.07 Å². The second-order valence-electron chi connectivity index (χ2n) is 6.59. The van der Waals surface area contributed by atoms with E-state index in [1.165, 1.54) is 12.8 Å². The summed E-state index contributed by atoms with van der Waals surface area (Å²) in [5, 5.41) is 7.57. The lowest BCUT2D eigenvalue weighted by Crippen LogP contribution is -2.44. The van der Waals surface area contributed by atoms with E-state index in [0.717, 1.165) is 18.3 Å². The molecule has 2 fully saturated rings. The number of nitrogens with zero attached hydrogens (tertiary/aromatic N) is 5. The van der Waals surface area contributed by atoms with E-state index in [9.17, 15) is 4.79 Å². The average molecular weight is 342 g/mol. The van der Waals surface area contributed by atoms with Crippen LogP contribution >= 0.6 is 0 Å². The Kier molecular flexibility index (Phi) is 4.35. The van der Waals surface area contributed by atoms with Gasteiger partial charge in [-0.2, -0.15) is 5.10 Å². The van der Waals surface area contributed by atoms with Gasteiger partial charge in [0.1, 0.15) is 17.6 Å². The molecule has 25 heavy (non-hydrogen) atoms. The lowest BCUT2D eigenvalue weighted by molar-refractivity contribution is -0.00552. The number of hydrogen-bond acceptors (Lipinski definition) is 6. The van der Waals surface area contributed by atoms with Gasteiger partial charge in [0.25, 0.3) is 5.91 Å². The number of hydrogen-bond donors (Lipinski definition) is 1. The predicted molar refractivity (Wildman–Crippen MR) is 91.1 cm³/mol. The van der Waals surface area contributed by atoms with Crippen molar-refractivity contribution in [3.05, 3.63) is 36.0 Å². The molecule has 3 heterocycles. The molecule has 1 N–H and O–H groups in total. The number of aryl methyl sites for hydroxylation is 1. The van der Waals surface area contributed by atoms with Crippen molar-refractivity contribution in [1.82, 2.24) is 24.6 Å². The minimum absolute atomic E-state index is 0.117. The van der Waals surface area contributed by atoms with Crippen molar-refractivity contribution in [2.24, 2.45) is 13.0 Å². The van der Waals surface area contributed by atoms with Gasteiger partial charge in [0, 0.05) is 32.5 Å². The van der Waals surface area contributed by atoms with Crippen molar-refractivity contribution in [3.63, 3.8) is 0 Å². The lowest BCUT2D eigenvalue weighted by atomic mass is 10.2. The summed E-state index contributed by atoms with van der Waals surface area (Å²) in [6.07, 6.45) is 6.07. The van der Waals surface area contributed by atoms with E-state index in [2.05, 4.69) is 20.4 Å². The highest BCUT2D eigenvalue weighted by molar-refractivity contribution is 5.92. The molecule has 8 heteroatoms. The van der Waals surface area contributed by atoms with Gasteiger partial charge in [-0.1, -0.05) is 0 Å². The zero-order valence-electron chi connectivity index (χ0n) is 14.3. The highest BCUT2D eigenvalue weighted by atomic mass is 16.5. The summed E-state index contributed by atoms with van der Waals surface area (Å²) >= 11 is 0. The summed E-state index contributed by atoms with van der Waals surface area (Å²) in [5.41, 5.74) is 0.428. The van der Waals surface area contributed by atoms with Gasteiger partial charge in [-0.05, 0) is 30.9 Å². The number of nitrogens with one attached hydrogen (secondary N) is 1. The molecule has 2 aromatic rings. The third-order valence-electron chi connectivity index (χ3n) is 4.56. The van der Waals surface area contributed by atoms with Crippen molar-refractivity contribution >= 4 is 11.7 Å². The Morgan fingerprint density at radius 3 is 3.04 bits per heavy atom. The molecule has 1 atom stereocenters. The molecule has 0 spiro atoms. The maximum absolute atomic E-state index is 12.8. The van der Waals surface area contributed by atoms with Crippen molar-refractivity contribution in [3.8, 4) is 0 Å². The fourth-order valence-electron chi connectivity index (χ4n) is 2.94. The van der Waals surface area contributed by atoms with E-state index in [-0.39, 0.29) is 11.9 Å². The van der Waals surface area contributed by atoms with Gasteiger partial charge in [0.15, 0.2) is 5.82 Å². The molecule has 0 bridgehead atoms. The van der Waals surface area contributed by atoms with Crippen LogP contribution in [0.3, 0.4) is 0 Å². The molecule has 0 aromatic carbocycles. The van der Waals surface area contributed by atoms with Gasteiger partial charge in [-0.25, -0.2) is 9.97 Å². The van der Waals surface area contributed by atoms with Crippen molar-refractivity contribution < 1.29 is 9.53 Å². The predicted octanol–water partition coefficient (Wildman–Crippen LogP) is 1.25. The Hall–Kier alpha value is -2.48. The van der Waals surface area contributed by atoms with E-state index in [0.29, 0.717) is 31.3 Å². The smallest absolute Gasteiger partial charge is 0.275 e. The normalized spacial score (nSPS) is 20.5. The van der Waals surface area contributed by atoms with Gasteiger partial charge < -0.3 is 15.0 Å². The van der Waals surface area contributed by atoms with Gasteiger partial charge in [-0.3, -0.25) is 9.48 Å². The summed E-state index contributed by atoms with van der Waals surface area (Å²) in [7, 11) is 1.80. The summed E-state index contributed by atoms with van der Waals surface area (Å²) < 4.78 is 7.21. The Morgan fingerprint density at radius 2 is 2.28 bits per heavy atom. The molecule has 0 radical (unpaired) electrons. The first kappa shape index (κ1) is 16.0. The van der Waals surface area contributed by atoms with Crippen LogP contribution in [0.25, 0.3) is 0 Å². The van der Waals surface area contributed by atoms with Crippen LogP contribution in [0.5, 0.6) is 0 Å². The van der Waals surface area contributed by atoms with Crippen LogP contribution < -0.4 is 5.32 Å². The van der Waals surface area contributed by atoms with Crippen molar-refractivity contribution in [2.75, 3.05) is 31.6 Å². The zero-order valence-corrected chi connectivity index (χ0v) is 14.3. The molecule has 1 aliphatic heterocycles. The number of carbonyl (C=O) groups is 1. The fourth-order valence-corrected chi connectivity index (χ4v) is 2.94. The molecule has 1 amide bonds. The molecule has 1 saturated carbocycles. The molecule has 8 nitrogen and oxygen atoms in total. The summed E-state index contributed by atoms with van der Waals surface area (Å²) in [6, 6.07) is 3.29. The Balaban J connectivity index is 1.53. The van der Waals surface area contributed by atoms with Crippen molar-refractivity contribution in [2.45, 2.75) is 18.9 Å². The number of ether oxygens (including phenoxy) is 1. The van der Waals surface area contributed by atoms with Crippen LogP contribution in [-0.4, -0.2) is 56.9 Å². The van der Waals surface area contributed by atoms with Crippen LogP contribution in [0.15, 0.2) is 24.5 Å². The Bertz CT molecular complexity index is 757. The average Bonchev–Trinajstić information content (AvgIpc) is 3.38. The van der Waals surface area contributed by atoms with Gasteiger partial charge >= 0.3 is 0 Å². The van der Waals surface area contributed by atoms with E-state index in [1.54, 1.807) is 35.1 Å². The largest absolute Gasteiger partial charge is 0.377 e. The number of aromatic nitrogens is 4. The summed E-state index contributed by atoms with van der Waals surface area (Å²) in [6.45, 7) is 2.34. The fraction of sp³-hybridized carbons (Fsp3) is 0.529. The molecular formula is C17H22N6O2. The number of amides is 1. The topological polar surface area (TPSA) is 85.2 Å². The Labute approximate surface area is 146 Å². The maximum atomic E-state index is 12.8. The number of morpholine rings is 1. The van der Waals surface area contributed by atoms with Crippen LogP contribution in [0, 0.1) is 5.92 Å². The van der Waals surface area contributed by atoms with Gasteiger partial charge in [0.05, 0.1) is 13.2 Å². The Morgan fingerprint density at radius 1 is 1.40 bits per heavy atom. The number of anilines is 1. The second-order valence-corrected chi connectivity index (χ2v) is 6.59. The van der Waals surface area contributed by atoms with Crippen molar-refractivity contribution in [1.29, 1.82) is 0 Å². The first-order valence-electron chi connectivity index (χ1n) is 8.66. The first-order valence-corrected chi connectivity index (χ1v) is 8.66. The molecule has 1 saturated heterocycles. The number of rotatable bonds is 5. The standard InChI is InChI=1S/C17H22N6O2/c1-22-7-5-13(21-22)17(24)23-8-9-25-11-14(23)16-18-6-4-15(20-16)19-10-12-2-3-12/h4-7,12,14H,2-3,8-11H2,1H3,(H,18,19,20). The van der Waals surface area contributed by atoms with Gasteiger partial charge in [-0.15, -0.1) is 0 Å². The molecule has 1 aliphatic carbocycles. The molecule has 4 rings (SSSR count). The van der Waals surface area contributed by atoms with Crippen LogP contribution in [-0.2, 0) is 11.8 Å². The van der Waals surface area contributed by atoms with Crippen LogP contribution in [0.4, 0.5) is 5.82 Å². The lowest BCUT2D eigenvalue weighted by Gasteiger charge is -2.34. The molecule has 132 valence electrons. The zero-order chi connectivity index (χ0) is 17.2. The molecule has 1 unspecified atom stereocenters. The van der Waals surface area contributed by atoms with E-state index < -0.39 is 0 Å². The van der Waals surface area contributed by atoms with E-state index >= 15 is 0 Å². The minimum atomic E-state index is -0.300. The second kappa shape index (κ2) is 6.79. The van der Waals surface area contributed by atoms with Gasteiger partial charge in [0.2, 0.25) is 0 Å². The SMILES string of the molecule is Cn1ccc(C(=O)N2CCOCC2c2nccc(NCC3CC3)n2)n1. The van der Waals surface area contributed by atoms with E-state index in [4.69, 9.17) is 4.74 Å². The van der Waals surface area contributed by atoms with Crippen LogP contribution in [0.2, 0.25) is 0 Å². The third-order valence-corrected chi connectivity index (χ3v) is 4.56. The maximum Gasteiger partial charge on any atom is 0.275 e. The third kappa shape index (κ3) is 3.63. The monoisotopic (exact) mass is 342 g/mol. The summed E-state index contributed by atoms with van der Waals surface area (Å²) in [4.78, 5) is 23.6. The minimum Gasteiger partial charge on any atom is -0.377 e. The first-order chi connectivity index (χ1) is 12.2. The highest BCUT2D eigenvalue weighted by Crippen LogP contribution is 2.29. The molecule has 2 aliphatic rings. The molecule has 2 aromatic heterocycles. The summed E-state index contributed by atoms with van der Waals surface area (Å²) in [5.74, 6) is 2.05. The highest BCUT2D eigenvalue weighted by Gasteiger charge is 2.32. The number of carbonyl (C=O) groups excluding carboxylic acids is 1.